The number of aryl methyl sites for hydroxylation is 2. The van der Waals surface area contributed by atoms with E-state index in [-0.39, 0.29) is 12.2 Å². The van der Waals surface area contributed by atoms with Crippen LogP contribution in [-0.4, -0.2) is 25.5 Å². The Morgan fingerprint density at radius 2 is 2.22 bits per heavy atom. The van der Waals surface area contributed by atoms with Gasteiger partial charge in [-0.15, -0.1) is 0 Å². The summed E-state index contributed by atoms with van der Waals surface area (Å²) in [5, 5.41) is 4.84. The van der Waals surface area contributed by atoms with Gasteiger partial charge < -0.3 is 0 Å². The first-order valence-corrected chi connectivity index (χ1v) is 6.00. The number of rotatable bonds is 4. The summed E-state index contributed by atoms with van der Waals surface area (Å²) in [7, 11) is 1.78. The Morgan fingerprint density at radius 3 is 2.78 bits per heavy atom. The van der Waals surface area contributed by atoms with E-state index in [0.29, 0.717) is 16.4 Å². The summed E-state index contributed by atoms with van der Waals surface area (Å²) in [6.45, 7) is 1.97. The molecule has 5 nitrogen and oxygen atoms in total. The first kappa shape index (κ1) is 12.7. The highest BCUT2D eigenvalue weighted by Gasteiger charge is 2.17. The molecule has 2 rings (SSSR count). The topological polar surface area (TPSA) is 60.7 Å². The number of carbonyl (C=O) groups excluding carboxylic acids is 1. The van der Waals surface area contributed by atoms with Gasteiger partial charge in [-0.3, -0.25) is 14.5 Å². The van der Waals surface area contributed by atoms with Gasteiger partial charge in [0, 0.05) is 19.4 Å². The van der Waals surface area contributed by atoms with Crippen LogP contribution in [0.4, 0.5) is 0 Å². The zero-order valence-electron chi connectivity index (χ0n) is 10.2. The highest BCUT2D eigenvalue weighted by atomic mass is 35.5. The second kappa shape index (κ2) is 5.27. The maximum absolute atomic E-state index is 12.0. The van der Waals surface area contributed by atoms with Gasteiger partial charge in [-0.1, -0.05) is 18.5 Å². The molecular weight excluding hydrogens is 252 g/mol. The van der Waals surface area contributed by atoms with Gasteiger partial charge in [0.05, 0.1) is 29.0 Å². The number of carbonyl (C=O) groups is 1. The third-order valence-corrected chi connectivity index (χ3v) is 3.12. The van der Waals surface area contributed by atoms with E-state index in [9.17, 15) is 4.79 Å². The SMILES string of the molecule is CCc1nn(C)c(CC(=O)c2cnccn2)c1Cl. The number of ketones is 1. The molecule has 0 fully saturated rings. The lowest BCUT2D eigenvalue weighted by Crippen LogP contribution is -2.10. The highest BCUT2D eigenvalue weighted by molar-refractivity contribution is 6.32. The summed E-state index contributed by atoms with van der Waals surface area (Å²) >= 11 is 6.19. The summed E-state index contributed by atoms with van der Waals surface area (Å²) in [4.78, 5) is 19.9. The van der Waals surface area contributed by atoms with Gasteiger partial charge in [-0.2, -0.15) is 5.10 Å². The molecule has 0 aliphatic heterocycles. The molecule has 2 heterocycles. The van der Waals surface area contributed by atoms with Crippen LogP contribution in [-0.2, 0) is 19.9 Å². The normalized spacial score (nSPS) is 10.6. The molecule has 94 valence electrons. The van der Waals surface area contributed by atoms with Crippen LogP contribution in [0.2, 0.25) is 5.02 Å². The fraction of sp³-hybridized carbons (Fsp3) is 0.333. The minimum atomic E-state index is -0.115. The van der Waals surface area contributed by atoms with Crippen LogP contribution in [0.5, 0.6) is 0 Å². The lowest BCUT2D eigenvalue weighted by molar-refractivity contribution is 0.0985. The Bertz CT molecular complexity index is 565. The third-order valence-electron chi connectivity index (χ3n) is 2.68. The van der Waals surface area contributed by atoms with Crippen LogP contribution in [0.3, 0.4) is 0 Å². The lowest BCUT2D eigenvalue weighted by Gasteiger charge is -2.01. The summed E-state index contributed by atoms with van der Waals surface area (Å²) in [6.07, 6.45) is 5.40. The van der Waals surface area contributed by atoms with E-state index < -0.39 is 0 Å². The van der Waals surface area contributed by atoms with E-state index in [1.54, 1.807) is 11.7 Å². The van der Waals surface area contributed by atoms with Crippen molar-refractivity contribution in [2.75, 3.05) is 0 Å². The molecule has 0 spiro atoms. The molecule has 0 aromatic carbocycles. The first-order chi connectivity index (χ1) is 8.63. The average Bonchev–Trinajstić information content (AvgIpc) is 2.67. The van der Waals surface area contributed by atoms with Crippen LogP contribution in [0, 0.1) is 0 Å². The third kappa shape index (κ3) is 2.41. The Morgan fingerprint density at radius 1 is 1.44 bits per heavy atom. The fourth-order valence-electron chi connectivity index (χ4n) is 1.70. The van der Waals surface area contributed by atoms with Crippen LogP contribution < -0.4 is 0 Å². The van der Waals surface area contributed by atoms with Crippen LogP contribution >= 0.6 is 11.6 Å². The van der Waals surface area contributed by atoms with E-state index in [0.717, 1.165) is 12.1 Å². The summed E-state index contributed by atoms with van der Waals surface area (Å²) < 4.78 is 1.65. The van der Waals surface area contributed by atoms with Gasteiger partial charge in [0.1, 0.15) is 5.69 Å². The Labute approximate surface area is 110 Å². The molecule has 0 radical (unpaired) electrons. The van der Waals surface area contributed by atoms with Crippen LogP contribution in [0.15, 0.2) is 18.6 Å². The predicted molar refractivity (Wildman–Crippen MR) is 67.7 cm³/mol. The van der Waals surface area contributed by atoms with Crippen LogP contribution in [0.1, 0.15) is 28.8 Å². The van der Waals surface area contributed by atoms with Crippen molar-refractivity contribution in [1.29, 1.82) is 0 Å². The largest absolute Gasteiger partial charge is 0.292 e. The van der Waals surface area contributed by atoms with Crippen molar-refractivity contribution in [3.8, 4) is 0 Å². The Hall–Kier alpha value is -1.75. The molecule has 0 aliphatic rings. The molecule has 6 heteroatoms. The van der Waals surface area contributed by atoms with Gasteiger partial charge >= 0.3 is 0 Å². The molecule has 0 amide bonds. The summed E-state index contributed by atoms with van der Waals surface area (Å²) in [5.74, 6) is -0.115. The van der Waals surface area contributed by atoms with E-state index >= 15 is 0 Å². The molecule has 0 atom stereocenters. The van der Waals surface area contributed by atoms with Crippen molar-refractivity contribution >= 4 is 17.4 Å². The Kier molecular flexibility index (Phi) is 3.72. The molecule has 2 aromatic heterocycles. The molecule has 0 saturated heterocycles. The second-order valence-electron chi connectivity index (χ2n) is 3.88. The minimum Gasteiger partial charge on any atom is -0.292 e. The number of hydrogen-bond acceptors (Lipinski definition) is 4. The molecule has 18 heavy (non-hydrogen) atoms. The smallest absolute Gasteiger partial charge is 0.188 e. The van der Waals surface area contributed by atoms with Crippen molar-refractivity contribution in [2.45, 2.75) is 19.8 Å². The maximum atomic E-state index is 12.0. The highest BCUT2D eigenvalue weighted by Crippen LogP contribution is 2.21. The summed E-state index contributed by atoms with van der Waals surface area (Å²) in [5.41, 5.74) is 1.86. The average molecular weight is 265 g/mol. The number of Topliss-reactive ketones (excluding diaryl/α,β-unsaturated/α-hetero) is 1. The van der Waals surface area contributed by atoms with Crippen molar-refractivity contribution in [1.82, 2.24) is 19.7 Å². The van der Waals surface area contributed by atoms with E-state index in [2.05, 4.69) is 15.1 Å². The number of halogens is 1. The second-order valence-corrected chi connectivity index (χ2v) is 4.25. The quantitative estimate of drug-likeness (QED) is 0.791. The molecule has 0 saturated carbocycles. The number of hydrogen-bond donors (Lipinski definition) is 0. The fourth-order valence-corrected chi connectivity index (χ4v) is 2.06. The van der Waals surface area contributed by atoms with Crippen molar-refractivity contribution in [3.63, 3.8) is 0 Å². The molecule has 0 N–H and O–H groups in total. The van der Waals surface area contributed by atoms with Crippen molar-refractivity contribution in [3.05, 3.63) is 40.7 Å². The molecule has 0 aliphatic carbocycles. The van der Waals surface area contributed by atoms with Gasteiger partial charge in [-0.05, 0) is 6.42 Å². The van der Waals surface area contributed by atoms with Gasteiger partial charge in [0.25, 0.3) is 0 Å². The molecular formula is C12H13ClN4O. The van der Waals surface area contributed by atoms with Gasteiger partial charge in [0.15, 0.2) is 5.78 Å². The minimum absolute atomic E-state index is 0.115. The molecule has 0 bridgehead atoms. The number of aromatic nitrogens is 4. The standard InChI is InChI=1S/C12H13ClN4O/c1-3-8-12(13)10(17(2)16-8)6-11(18)9-7-14-4-5-15-9/h4-5,7H,3,6H2,1-2H3. The van der Waals surface area contributed by atoms with E-state index in [1.165, 1.54) is 18.6 Å². The Balaban J connectivity index is 2.25. The van der Waals surface area contributed by atoms with Crippen molar-refractivity contribution in [2.24, 2.45) is 7.05 Å². The zero-order valence-corrected chi connectivity index (χ0v) is 11.0. The van der Waals surface area contributed by atoms with Gasteiger partial charge in [-0.25, -0.2) is 4.98 Å². The first-order valence-electron chi connectivity index (χ1n) is 5.63. The zero-order chi connectivity index (χ0) is 13.1. The summed E-state index contributed by atoms with van der Waals surface area (Å²) in [6, 6.07) is 0. The van der Waals surface area contributed by atoms with E-state index in [1.807, 2.05) is 6.92 Å². The van der Waals surface area contributed by atoms with Gasteiger partial charge in [0.2, 0.25) is 0 Å². The maximum Gasteiger partial charge on any atom is 0.188 e. The molecule has 0 unspecified atom stereocenters. The monoisotopic (exact) mass is 264 g/mol. The van der Waals surface area contributed by atoms with E-state index in [4.69, 9.17) is 11.6 Å². The van der Waals surface area contributed by atoms with Crippen molar-refractivity contribution < 1.29 is 4.79 Å². The number of nitrogens with zero attached hydrogens (tertiary/aromatic N) is 4. The van der Waals surface area contributed by atoms with Crippen LogP contribution in [0.25, 0.3) is 0 Å². The predicted octanol–water partition coefficient (Wildman–Crippen LogP) is 1.85. The molecule has 2 aromatic rings. The lowest BCUT2D eigenvalue weighted by atomic mass is 10.1.